The van der Waals surface area contributed by atoms with E-state index < -0.39 is 5.92 Å². The van der Waals surface area contributed by atoms with Gasteiger partial charge in [-0.25, -0.2) is 0 Å². The van der Waals surface area contributed by atoms with Crippen LogP contribution in [0.3, 0.4) is 0 Å². The molecule has 0 spiro atoms. The monoisotopic (exact) mass is 456 g/mol. The Morgan fingerprint density at radius 2 is 1.59 bits per heavy atom. The van der Waals surface area contributed by atoms with Gasteiger partial charge in [-0.3, -0.25) is 9.69 Å². The number of hydrogen-bond donors (Lipinski definition) is 0. The maximum absolute atomic E-state index is 13.2. The minimum absolute atomic E-state index is 0.208. The van der Waals surface area contributed by atoms with E-state index in [9.17, 15) is 4.79 Å². The number of ether oxygens (including phenoxy) is 2. The highest BCUT2D eigenvalue weighted by atomic mass is 16.5. The summed E-state index contributed by atoms with van der Waals surface area (Å²) in [7, 11) is 0. The van der Waals surface area contributed by atoms with Crippen molar-refractivity contribution in [1.82, 2.24) is 4.90 Å². The van der Waals surface area contributed by atoms with E-state index in [4.69, 9.17) is 9.47 Å². The molecule has 5 rings (SSSR count). The standard InChI is InChI=1S/C29H32N2O3/c1-21-12-14-23(15-13-21)31-18-17-30(22(2)20-31)16-7-19-33-29(32)28-24-8-3-5-10-26(24)34-27-11-6-4-9-25(27)28/h3-6,8-15,22,28H,7,16-20H2,1-2H3. The predicted molar refractivity (Wildman–Crippen MR) is 135 cm³/mol. The van der Waals surface area contributed by atoms with Crippen molar-refractivity contribution in [2.45, 2.75) is 32.2 Å². The number of fused-ring (bicyclic) bond motifs is 2. The molecule has 2 aliphatic heterocycles. The van der Waals surface area contributed by atoms with E-state index in [2.05, 4.69) is 47.9 Å². The summed E-state index contributed by atoms with van der Waals surface area (Å²) < 4.78 is 11.8. The van der Waals surface area contributed by atoms with Crippen LogP contribution >= 0.6 is 0 Å². The van der Waals surface area contributed by atoms with Crippen LogP contribution in [0.2, 0.25) is 0 Å². The van der Waals surface area contributed by atoms with E-state index in [1.165, 1.54) is 11.3 Å². The number of carbonyl (C=O) groups is 1. The van der Waals surface area contributed by atoms with E-state index in [1.807, 2.05) is 48.5 Å². The molecule has 2 heterocycles. The molecule has 1 fully saturated rings. The molecular weight excluding hydrogens is 424 g/mol. The van der Waals surface area contributed by atoms with E-state index >= 15 is 0 Å². The molecule has 0 bridgehead atoms. The number of esters is 1. The lowest BCUT2D eigenvalue weighted by molar-refractivity contribution is -0.144. The van der Waals surface area contributed by atoms with Crippen molar-refractivity contribution in [2.24, 2.45) is 0 Å². The second-order valence-electron chi connectivity index (χ2n) is 9.30. The first-order valence-electron chi connectivity index (χ1n) is 12.2. The molecule has 1 saturated heterocycles. The number of benzene rings is 3. The summed E-state index contributed by atoms with van der Waals surface area (Å²) in [6.07, 6.45) is 0.827. The molecule has 0 radical (unpaired) electrons. The van der Waals surface area contributed by atoms with Crippen molar-refractivity contribution < 1.29 is 14.3 Å². The zero-order chi connectivity index (χ0) is 23.5. The van der Waals surface area contributed by atoms with Crippen LogP contribution in [0.1, 0.15) is 36.0 Å². The third kappa shape index (κ3) is 4.66. The van der Waals surface area contributed by atoms with Gasteiger partial charge in [-0.2, -0.15) is 0 Å². The molecule has 2 aliphatic rings. The van der Waals surface area contributed by atoms with Crippen LogP contribution in [0.15, 0.2) is 72.8 Å². The van der Waals surface area contributed by atoms with Gasteiger partial charge in [0.15, 0.2) is 0 Å². The van der Waals surface area contributed by atoms with E-state index in [-0.39, 0.29) is 5.97 Å². The Morgan fingerprint density at radius 3 is 2.24 bits per heavy atom. The molecule has 3 aromatic rings. The van der Waals surface area contributed by atoms with Gasteiger partial charge in [0, 0.05) is 49.0 Å². The van der Waals surface area contributed by atoms with Gasteiger partial charge in [-0.05, 0) is 44.5 Å². The third-order valence-electron chi connectivity index (χ3n) is 6.91. The fraction of sp³-hybridized carbons (Fsp3) is 0.345. The highest BCUT2D eigenvalue weighted by molar-refractivity contribution is 5.85. The zero-order valence-electron chi connectivity index (χ0n) is 19.9. The molecule has 0 saturated carbocycles. The van der Waals surface area contributed by atoms with Crippen molar-refractivity contribution in [3.8, 4) is 11.5 Å². The van der Waals surface area contributed by atoms with E-state index in [0.717, 1.165) is 55.2 Å². The minimum atomic E-state index is -0.446. The average Bonchev–Trinajstić information content (AvgIpc) is 2.86. The lowest BCUT2D eigenvalue weighted by Gasteiger charge is -2.41. The van der Waals surface area contributed by atoms with Gasteiger partial charge in [-0.15, -0.1) is 0 Å². The molecule has 0 aliphatic carbocycles. The van der Waals surface area contributed by atoms with Crippen LogP contribution in [-0.2, 0) is 9.53 Å². The first-order valence-corrected chi connectivity index (χ1v) is 12.2. The number of rotatable bonds is 6. The SMILES string of the molecule is Cc1ccc(N2CCN(CCCOC(=O)C3c4ccccc4Oc4ccccc43)C(C)C2)cc1. The van der Waals surface area contributed by atoms with Gasteiger partial charge in [0.05, 0.1) is 6.61 Å². The first kappa shape index (κ1) is 22.5. The summed E-state index contributed by atoms with van der Waals surface area (Å²) in [4.78, 5) is 18.1. The first-order chi connectivity index (χ1) is 16.6. The van der Waals surface area contributed by atoms with Crippen molar-refractivity contribution >= 4 is 11.7 Å². The number of hydrogen-bond acceptors (Lipinski definition) is 5. The number of para-hydroxylation sites is 2. The van der Waals surface area contributed by atoms with Crippen LogP contribution in [-0.4, -0.2) is 49.7 Å². The van der Waals surface area contributed by atoms with Crippen molar-refractivity contribution in [2.75, 3.05) is 37.7 Å². The Morgan fingerprint density at radius 1 is 0.941 bits per heavy atom. The molecule has 5 nitrogen and oxygen atoms in total. The second-order valence-corrected chi connectivity index (χ2v) is 9.30. The highest BCUT2D eigenvalue weighted by Crippen LogP contribution is 2.44. The summed E-state index contributed by atoms with van der Waals surface area (Å²) in [6, 6.07) is 24.7. The average molecular weight is 457 g/mol. The highest BCUT2D eigenvalue weighted by Gasteiger charge is 2.33. The molecule has 0 N–H and O–H groups in total. The van der Waals surface area contributed by atoms with Crippen molar-refractivity contribution in [3.63, 3.8) is 0 Å². The predicted octanol–water partition coefficient (Wildman–Crippen LogP) is 5.38. The molecule has 5 heteroatoms. The number of anilines is 1. The molecule has 3 aromatic carbocycles. The summed E-state index contributed by atoms with van der Waals surface area (Å²) in [5.41, 5.74) is 4.32. The molecule has 176 valence electrons. The lowest BCUT2D eigenvalue weighted by Crippen LogP contribution is -2.52. The molecular formula is C29H32N2O3. The Balaban J connectivity index is 1.15. The van der Waals surface area contributed by atoms with Gasteiger partial charge in [-0.1, -0.05) is 54.1 Å². The Labute approximate surface area is 201 Å². The number of piperazine rings is 1. The summed E-state index contributed by atoms with van der Waals surface area (Å²) in [5.74, 6) is 0.797. The zero-order valence-corrected chi connectivity index (χ0v) is 19.9. The summed E-state index contributed by atoms with van der Waals surface area (Å²) >= 11 is 0. The number of carbonyl (C=O) groups excluding carboxylic acids is 1. The maximum Gasteiger partial charge on any atom is 0.318 e. The molecule has 1 atom stereocenters. The lowest BCUT2D eigenvalue weighted by atomic mass is 9.88. The Hall–Kier alpha value is -3.31. The molecule has 1 unspecified atom stereocenters. The second kappa shape index (κ2) is 9.90. The quantitative estimate of drug-likeness (QED) is 0.368. The van der Waals surface area contributed by atoms with Gasteiger partial charge >= 0.3 is 5.97 Å². The van der Waals surface area contributed by atoms with Gasteiger partial charge < -0.3 is 14.4 Å². The number of aryl methyl sites for hydroxylation is 1. The summed E-state index contributed by atoms with van der Waals surface area (Å²) in [5, 5.41) is 0. The van der Waals surface area contributed by atoms with Crippen LogP contribution in [0.5, 0.6) is 11.5 Å². The van der Waals surface area contributed by atoms with E-state index in [1.54, 1.807) is 0 Å². The fourth-order valence-corrected chi connectivity index (χ4v) is 5.01. The van der Waals surface area contributed by atoms with Gasteiger partial charge in [0.1, 0.15) is 17.4 Å². The fourth-order valence-electron chi connectivity index (χ4n) is 5.01. The molecule has 34 heavy (non-hydrogen) atoms. The third-order valence-corrected chi connectivity index (χ3v) is 6.91. The van der Waals surface area contributed by atoms with Crippen molar-refractivity contribution in [3.05, 3.63) is 89.5 Å². The molecule has 0 amide bonds. The Bertz CT molecular complexity index is 1100. The van der Waals surface area contributed by atoms with E-state index in [0.29, 0.717) is 12.6 Å². The smallest absolute Gasteiger partial charge is 0.318 e. The van der Waals surface area contributed by atoms with Crippen molar-refractivity contribution in [1.29, 1.82) is 0 Å². The maximum atomic E-state index is 13.2. The van der Waals surface area contributed by atoms with Crippen LogP contribution in [0, 0.1) is 6.92 Å². The van der Waals surface area contributed by atoms with Crippen LogP contribution in [0.4, 0.5) is 5.69 Å². The Kier molecular flexibility index (Phi) is 6.54. The summed E-state index contributed by atoms with van der Waals surface area (Å²) in [6.45, 7) is 8.80. The largest absolute Gasteiger partial charge is 0.465 e. The van der Waals surface area contributed by atoms with Crippen LogP contribution < -0.4 is 9.64 Å². The topological polar surface area (TPSA) is 42.0 Å². The number of nitrogens with zero attached hydrogens (tertiary/aromatic N) is 2. The van der Waals surface area contributed by atoms with Gasteiger partial charge in [0.25, 0.3) is 0 Å². The van der Waals surface area contributed by atoms with Gasteiger partial charge in [0.2, 0.25) is 0 Å². The minimum Gasteiger partial charge on any atom is -0.465 e. The molecule has 0 aromatic heterocycles. The van der Waals surface area contributed by atoms with Crippen LogP contribution in [0.25, 0.3) is 0 Å². The normalized spacial score (nSPS) is 18.1.